The van der Waals surface area contributed by atoms with E-state index in [1.54, 1.807) is 31.2 Å². The molecule has 2 rings (SSSR count). The molecule has 3 N–H and O–H groups in total. The van der Waals surface area contributed by atoms with Gasteiger partial charge in [-0.05, 0) is 61.5 Å². The first-order chi connectivity index (χ1) is 9.45. The zero-order valence-electron chi connectivity index (χ0n) is 11.2. The number of benzene rings is 2. The minimum Gasteiger partial charge on any atom is -0.506 e. The molecule has 0 fully saturated rings. The first-order valence-corrected chi connectivity index (χ1v) is 6.50. The van der Waals surface area contributed by atoms with Crippen LogP contribution in [0.4, 0.5) is 15.8 Å². The van der Waals surface area contributed by atoms with Gasteiger partial charge < -0.3 is 15.7 Å². The van der Waals surface area contributed by atoms with E-state index in [-0.39, 0.29) is 16.7 Å². The summed E-state index contributed by atoms with van der Waals surface area (Å²) in [5.41, 5.74) is 2.58. The van der Waals surface area contributed by atoms with Crippen LogP contribution in [0, 0.1) is 19.7 Å². The molecule has 2 aromatic carbocycles. The number of phenolic OH excluding ortho intramolecular Hbond substituents is 1. The molecule has 0 unspecified atom stereocenters. The Kier molecular flexibility index (Phi) is 4.20. The second-order valence-corrected chi connectivity index (χ2v) is 4.97. The third-order valence-electron chi connectivity index (χ3n) is 2.83. The van der Waals surface area contributed by atoms with Gasteiger partial charge in [-0.25, -0.2) is 4.39 Å². The van der Waals surface area contributed by atoms with Gasteiger partial charge in [0.2, 0.25) is 0 Å². The van der Waals surface area contributed by atoms with Crippen molar-refractivity contribution in [1.82, 2.24) is 0 Å². The van der Waals surface area contributed by atoms with Crippen LogP contribution in [0.25, 0.3) is 0 Å². The Hall–Kier alpha value is -2.14. The van der Waals surface area contributed by atoms with Crippen molar-refractivity contribution in [3.63, 3.8) is 0 Å². The predicted octanol–water partition coefficient (Wildman–Crippen LogP) is 3.96. The van der Waals surface area contributed by atoms with Crippen LogP contribution >= 0.6 is 12.2 Å². The van der Waals surface area contributed by atoms with Gasteiger partial charge in [-0.2, -0.15) is 0 Å². The Morgan fingerprint density at radius 1 is 1.10 bits per heavy atom. The van der Waals surface area contributed by atoms with Crippen molar-refractivity contribution in [2.45, 2.75) is 13.8 Å². The van der Waals surface area contributed by atoms with Crippen LogP contribution in [0.15, 0.2) is 36.4 Å². The van der Waals surface area contributed by atoms with E-state index in [9.17, 15) is 9.50 Å². The van der Waals surface area contributed by atoms with Crippen molar-refractivity contribution in [2.75, 3.05) is 10.6 Å². The zero-order valence-corrected chi connectivity index (χ0v) is 12.0. The Labute approximate surface area is 122 Å². The summed E-state index contributed by atoms with van der Waals surface area (Å²) in [6.45, 7) is 3.58. The number of thiocarbonyl (C=S) groups is 1. The minimum atomic E-state index is -0.295. The number of halogens is 1. The molecule has 3 nitrogen and oxygen atoms in total. The second-order valence-electron chi connectivity index (χ2n) is 4.56. The fourth-order valence-corrected chi connectivity index (χ4v) is 1.93. The molecule has 0 heterocycles. The predicted molar refractivity (Wildman–Crippen MR) is 83.8 cm³/mol. The summed E-state index contributed by atoms with van der Waals surface area (Å²) in [4.78, 5) is 0. The van der Waals surface area contributed by atoms with E-state index in [2.05, 4.69) is 10.6 Å². The van der Waals surface area contributed by atoms with Gasteiger partial charge in [-0.1, -0.05) is 12.1 Å². The maximum Gasteiger partial charge on any atom is 0.175 e. The summed E-state index contributed by atoms with van der Waals surface area (Å²) in [5.74, 6) is -0.180. The lowest BCUT2D eigenvalue weighted by Crippen LogP contribution is -2.19. The standard InChI is InChI=1S/C15H15FN2OS/c1-9-3-6-13(14(19)7-9)18-15(20)17-11-5-4-10(2)12(16)8-11/h3-8,19H,1-2H3,(H2,17,18,20). The minimum absolute atomic E-state index is 0.115. The Morgan fingerprint density at radius 3 is 2.50 bits per heavy atom. The highest BCUT2D eigenvalue weighted by Gasteiger charge is 2.05. The maximum atomic E-state index is 13.4. The second kappa shape index (κ2) is 5.88. The number of rotatable bonds is 2. The molecule has 5 heteroatoms. The third kappa shape index (κ3) is 3.45. The molecule has 0 aromatic heterocycles. The summed E-state index contributed by atoms with van der Waals surface area (Å²) < 4.78 is 13.4. The summed E-state index contributed by atoms with van der Waals surface area (Å²) in [6.07, 6.45) is 0. The smallest absolute Gasteiger partial charge is 0.175 e. The van der Waals surface area contributed by atoms with Gasteiger partial charge >= 0.3 is 0 Å². The monoisotopic (exact) mass is 290 g/mol. The fraction of sp³-hybridized carbons (Fsp3) is 0.133. The van der Waals surface area contributed by atoms with E-state index in [1.807, 2.05) is 13.0 Å². The molecular formula is C15H15FN2OS. The fourth-order valence-electron chi connectivity index (χ4n) is 1.70. The highest BCUT2D eigenvalue weighted by Crippen LogP contribution is 2.24. The van der Waals surface area contributed by atoms with Gasteiger partial charge in [0.05, 0.1) is 5.69 Å². The number of nitrogens with one attached hydrogen (secondary N) is 2. The number of hydrogen-bond donors (Lipinski definition) is 3. The topological polar surface area (TPSA) is 44.3 Å². The molecule has 0 amide bonds. The third-order valence-corrected chi connectivity index (χ3v) is 3.04. The lowest BCUT2D eigenvalue weighted by Gasteiger charge is -2.12. The number of aryl methyl sites for hydroxylation is 2. The van der Waals surface area contributed by atoms with Gasteiger partial charge in [-0.3, -0.25) is 0 Å². The van der Waals surface area contributed by atoms with Crippen LogP contribution in [0.5, 0.6) is 5.75 Å². The average Bonchev–Trinajstić information content (AvgIpc) is 2.37. The van der Waals surface area contributed by atoms with Crippen molar-refractivity contribution in [2.24, 2.45) is 0 Å². The molecule has 0 aliphatic heterocycles. The molecule has 0 aliphatic rings. The highest BCUT2D eigenvalue weighted by molar-refractivity contribution is 7.80. The van der Waals surface area contributed by atoms with Gasteiger partial charge in [0, 0.05) is 5.69 Å². The van der Waals surface area contributed by atoms with Crippen LogP contribution in [0.3, 0.4) is 0 Å². The van der Waals surface area contributed by atoms with E-state index in [0.717, 1.165) is 5.56 Å². The molecule has 104 valence electrons. The number of hydrogen-bond acceptors (Lipinski definition) is 2. The molecular weight excluding hydrogens is 275 g/mol. The molecule has 0 radical (unpaired) electrons. The zero-order chi connectivity index (χ0) is 14.7. The van der Waals surface area contributed by atoms with Crippen LogP contribution in [0.1, 0.15) is 11.1 Å². The Bertz CT molecular complexity index is 658. The maximum absolute atomic E-state index is 13.4. The van der Waals surface area contributed by atoms with E-state index in [1.165, 1.54) is 6.07 Å². The number of anilines is 2. The lowest BCUT2D eigenvalue weighted by atomic mass is 10.2. The highest BCUT2D eigenvalue weighted by atomic mass is 32.1. The Balaban J connectivity index is 2.07. The van der Waals surface area contributed by atoms with Gasteiger partial charge in [0.25, 0.3) is 0 Å². The normalized spacial score (nSPS) is 10.2. The van der Waals surface area contributed by atoms with E-state index < -0.39 is 0 Å². The van der Waals surface area contributed by atoms with E-state index >= 15 is 0 Å². The van der Waals surface area contributed by atoms with Crippen molar-refractivity contribution < 1.29 is 9.50 Å². The van der Waals surface area contributed by atoms with Gasteiger partial charge in [0.15, 0.2) is 5.11 Å². The van der Waals surface area contributed by atoms with E-state index in [4.69, 9.17) is 12.2 Å². The summed E-state index contributed by atoms with van der Waals surface area (Å²) in [7, 11) is 0. The average molecular weight is 290 g/mol. The molecule has 0 bridgehead atoms. The largest absolute Gasteiger partial charge is 0.506 e. The summed E-state index contributed by atoms with van der Waals surface area (Å²) in [6, 6.07) is 10.0. The van der Waals surface area contributed by atoms with Crippen LogP contribution in [-0.2, 0) is 0 Å². The number of aromatic hydroxyl groups is 1. The molecule has 0 spiro atoms. The lowest BCUT2D eigenvalue weighted by molar-refractivity contribution is 0.477. The van der Waals surface area contributed by atoms with Crippen molar-refractivity contribution in [1.29, 1.82) is 0 Å². The van der Waals surface area contributed by atoms with Gasteiger partial charge in [-0.15, -0.1) is 0 Å². The molecule has 2 aromatic rings. The summed E-state index contributed by atoms with van der Waals surface area (Å²) in [5, 5.41) is 15.8. The van der Waals surface area contributed by atoms with Crippen molar-refractivity contribution in [3.05, 3.63) is 53.3 Å². The van der Waals surface area contributed by atoms with Crippen LogP contribution in [-0.4, -0.2) is 10.2 Å². The molecule has 0 atom stereocenters. The SMILES string of the molecule is Cc1ccc(NC(=S)Nc2ccc(C)c(F)c2)c(O)c1. The first kappa shape index (κ1) is 14.3. The van der Waals surface area contributed by atoms with Crippen LogP contribution in [0.2, 0.25) is 0 Å². The first-order valence-electron chi connectivity index (χ1n) is 6.09. The molecule has 0 aliphatic carbocycles. The summed E-state index contributed by atoms with van der Waals surface area (Å²) >= 11 is 5.13. The van der Waals surface area contributed by atoms with Crippen LogP contribution < -0.4 is 10.6 Å². The molecule has 0 saturated heterocycles. The van der Waals surface area contributed by atoms with Crippen molar-refractivity contribution in [3.8, 4) is 5.75 Å². The quantitative estimate of drug-likeness (QED) is 0.578. The molecule has 0 saturated carbocycles. The van der Waals surface area contributed by atoms with Gasteiger partial charge in [0.1, 0.15) is 11.6 Å². The Morgan fingerprint density at radius 2 is 1.85 bits per heavy atom. The number of phenols is 1. The van der Waals surface area contributed by atoms with E-state index in [0.29, 0.717) is 16.9 Å². The molecule has 20 heavy (non-hydrogen) atoms. The van der Waals surface area contributed by atoms with Crippen molar-refractivity contribution >= 4 is 28.7 Å².